The van der Waals surface area contributed by atoms with Gasteiger partial charge in [0.25, 0.3) is 5.91 Å². The predicted molar refractivity (Wildman–Crippen MR) is 111 cm³/mol. The number of pyridine rings is 1. The molecule has 1 spiro atoms. The molecule has 8 heteroatoms. The van der Waals surface area contributed by atoms with E-state index in [0.29, 0.717) is 31.1 Å². The number of rotatable bonds is 3. The van der Waals surface area contributed by atoms with Gasteiger partial charge in [-0.2, -0.15) is 0 Å². The van der Waals surface area contributed by atoms with Gasteiger partial charge in [-0.05, 0) is 63.5 Å². The summed E-state index contributed by atoms with van der Waals surface area (Å²) in [5.74, 6) is -0.533. The minimum Gasteiger partial charge on any atom is -0.449 e. The third-order valence-electron chi connectivity index (χ3n) is 6.14. The van der Waals surface area contributed by atoms with Crippen molar-refractivity contribution in [3.63, 3.8) is 0 Å². The third kappa shape index (κ3) is 4.17. The number of amides is 3. The van der Waals surface area contributed by atoms with Crippen molar-refractivity contribution >= 4 is 28.7 Å². The highest BCUT2D eigenvalue weighted by Crippen LogP contribution is 2.59. The maximum absolute atomic E-state index is 12.4. The molecular weight excluding hydrogens is 384 g/mol. The molecule has 1 aliphatic heterocycles. The highest BCUT2D eigenvalue weighted by molar-refractivity contribution is 6.35. The maximum atomic E-state index is 12.4. The first-order valence-corrected chi connectivity index (χ1v) is 10.4. The summed E-state index contributed by atoms with van der Waals surface area (Å²) < 4.78 is 5.56. The zero-order chi connectivity index (χ0) is 21.5. The number of carbonyl (C=O) groups excluding carboxylic acids is 3. The van der Waals surface area contributed by atoms with Crippen LogP contribution in [0.25, 0.3) is 11.0 Å². The summed E-state index contributed by atoms with van der Waals surface area (Å²) in [6.45, 7) is 7.32. The van der Waals surface area contributed by atoms with Gasteiger partial charge in [0.15, 0.2) is 11.3 Å². The topological polar surface area (TPSA) is 105 Å². The van der Waals surface area contributed by atoms with E-state index in [2.05, 4.69) is 15.6 Å². The first-order valence-electron chi connectivity index (χ1n) is 10.4. The number of hydrogen-bond donors (Lipinski definition) is 2. The molecule has 2 aliphatic rings. The summed E-state index contributed by atoms with van der Waals surface area (Å²) in [4.78, 5) is 42.6. The van der Waals surface area contributed by atoms with Crippen molar-refractivity contribution < 1.29 is 18.8 Å². The molecule has 1 saturated heterocycles. The zero-order valence-electron chi connectivity index (χ0n) is 17.7. The molecule has 1 unspecified atom stereocenters. The van der Waals surface area contributed by atoms with E-state index in [4.69, 9.17) is 4.42 Å². The molecule has 1 aliphatic carbocycles. The summed E-state index contributed by atoms with van der Waals surface area (Å²) in [7, 11) is 0. The average Bonchev–Trinajstić information content (AvgIpc) is 3.17. The van der Waals surface area contributed by atoms with E-state index in [1.54, 1.807) is 23.4 Å². The van der Waals surface area contributed by atoms with Gasteiger partial charge in [0, 0.05) is 36.8 Å². The monoisotopic (exact) mass is 412 g/mol. The Kier molecular flexibility index (Phi) is 5.03. The average molecular weight is 412 g/mol. The molecule has 4 rings (SSSR count). The lowest BCUT2D eigenvalue weighted by atomic mass is 9.90. The first-order chi connectivity index (χ1) is 14.2. The van der Waals surface area contributed by atoms with Crippen molar-refractivity contribution in [1.82, 2.24) is 20.5 Å². The van der Waals surface area contributed by atoms with Crippen LogP contribution in [0, 0.1) is 11.3 Å². The van der Waals surface area contributed by atoms with Crippen LogP contribution < -0.4 is 10.6 Å². The quantitative estimate of drug-likeness (QED) is 0.752. The minimum atomic E-state index is -0.543. The fourth-order valence-corrected chi connectivity index (χ4v) is 4.32. The molecule has 1 saturated carbocycles. The minimum absolute atomic E-state index is 0.169. The third-order valence-corrected chi connectivity index (χ3v) is 6.14. The van der Waals surface area contributed by atoms with Gasteiger partial charge < -0.3 is 20.0 Å². The van der Waals surface area contributed by atoms with E-state index < -0.39 is 17.4 Å². The van der Waals surface area contributed by atoms with Gasteiger partial charge in [-0.15, -0.1) is 0 Å². The van der Waals surface area contributed by atoms with Crippen LogP contribution in [0.4, 0.5) is 0 Å². The van der Waals surface area contributed by atoms with Crippen LogP contribution in [0.2, 0.25) is 0 Å². The number of aromatic nitrogens is 1. The highest BCUT2D eigenvalue weighted by Gasteiger charge is 2.55. The lowest BCUT2D eigenvalue weighted by Crippen LogP contribution is -2.51. The molecule has 1 atom stereocenters. The van der Waals surface area contributed by atoms with Gasteiger partial charge in [0.2, 0.25) is 0 Å². The number of nitrogens with zero attached hydrogens (tertiary/aromatic N) is 2. The Balaban J connectivity index is 1.25. The van der Waals surface area contributed by atoms with E-state index in [-0.39, 0.29) is 17.1 Å². The van der Waals surface area contributed by atoms with Crippen molar-refractivity contribution in [2.45, 2.75) is 45.6 Å². The number of nitrogens with one attached hydrogen (secondary N) is 2. The number of fused-ring (bicyclic) bond motifs is 1. The maximum Gasteiger partial charge on any atom is 0.311 e. The normalized spacial score (nSPS) is 20.2. The van der Waals surface area contributed by atoms with Crippen LogP contribution in [0.5, 0.6) is 0 Å². The molecule has 2 fully saturated rings. The second-order valence-corrected chi connectivity index (χ2v) is 9.49. The standard InChI is InChI=1S/C22H28N4O4/c1-21(2,3)25-19(28)20(29)26-8-5-22(6-9-26)11-15(22)12-24-18(27)16-10-14-4-7-23-13-17(14)30-16/h4,7,10,13,15H,5-6,8-9,11-12H2,1-3H3,(H,24,27)(H,25,28). The van der Waals surface area contributed by atoms with Crippen LogP contribution >= 0.6 is 0 Å². The Bertz CT molecular complexity index is 949. The molecule has 160 valence electrons. The van der Waals surface area contributed by atoms with Crippen molar-refractivity contribution in [2.24, 2.45) is 11.3 Å². The fourth-order valence-electron chi connectivity index (χ4n) is 4.32. The van der Waals surface area contributed by atoms with Crippen LogP contribution in [0.15, 0.2) is 28.9 Å². The number of piperidine rings is 1. The molecule has 0 bridgehead atoms. The molecule has 0 radical (unpaired) electrons. The summed E-state index contributed by atoms with van der Waals surface area (Å²) in [5, 5.41) is 6.55. The molecule has 2 aromatic heterocycles. The van der Waals surface area contributed by atoms with Crippen LogP contribution in [-0.2, 0) is 9.59 Å². The summed E-state index contributed by atoms with van der Waals surface area (Å²) in [5.41, 5.74) is 0.334. The van der Waals surface area contributed by atoms with Gasteiger partial charge >= 0.3 is 11.8 Å². The Hall–Kier alpha value is -2.90. The molecule has 0 aromatic carbocycles. The van der Waals surface area contributed by atoms with E-state index in [1.165, 1.54) is 0 Å². The highest BCUT2D eigenvalue weighted by atomic mass is 16.3. The van der Waals surface area contributed by atoms with E-state index in [9.17, 15) is 14.4 Å². The second kappa shape index (κ2) is 7.41. The largest absolute Gasteiger partial charge is 0.449 e. The summed E-state index contributed by atoms with van der Waals surface area (Å²) >= 11 is 0. The summed E-state index contributed by atoms with van der Waals surface area (Å²) in [6, 6.07) is 3.53. The molecule has 2 aromatic rings. The van der Waals surface area contributed by atoms with Gasteiger partial charge in [-0.1, -0.05) is 0 Å². The van der Waals surface area contributed by atoms with Gasteiger partial charge in [0.05, 0.1) is 6.20 Å². The molecular formula is C22H28N4O4. The van der Waals surface area contributed by atoms with Crippen molar-refractivity contribution in [1.29, 1.82) is 0 Å². The van der Waals surface area contributed by atoms with Gasteiger partial charge in [-0.3, -0.25) is 19.4 Å². The Morgan fingerprint density at radius 1 is 1.27 bits per heavy atom. The van der Waals surface area contributed by atoms with Crippen molar-refractivity contribution in [2.75, 3.05) is 19.6 Å². The van der Waals surface area contributed by atoms with Crippen molar-refractivity contribution in [3.8, 4) is 0 Å². The fraction of sp³-hybridized carbons (Fsp3) is 0.545. The SMILES string of the molecule is CC(C)(C)NC(=O)C(=O)N1CCC2(CC1)CC2CNC(=O)c1cc2ccncc2o1. The van der Waals surface area contributed by atoms with Gasteiger partial charge in [-0.25, -0.2) is 0 Å². The Morgan fingerprint density at radius 3 is 2.67 bits per heavy atom. The number of hydrogen-bond acceptors (Lipinski definition) is 5. The van der Waals surface area contributed by atoms with Gasteiger partial charge in [0.1, 0.15) is 0 Å². The first kappa shape index (κ1) is 20.4. The van der Waals surface area contributed by atoms with Crippen molar-refractivity contribution in [3.05, 3.63) is 30.3 Å². The predicted octanol–water partition coefficient (Wildman–Crippen LogP) is 2.10. The lowest BCUT2D eigenvalue weighted by Gasteiger charge is -2.33. The Labute approximate surface area is 175 Å². The number of carbonyl (C=O) groups is 3. The lowest BCUT2D eigenvalue weighted by molar-refractivity contribution is -0.147. The second-order valence-electron chi connectivity index (χ2n) is 9.49. The molecule has 8 nitrogen and oxygen atoms in total. The smallest absolute Gasteiger partial charge is 0.311 e. The van der Waals surface area contributed by atoms with E-state index >= 15 is 0 Å². The zero-order valence-corrected chi connectivity index (χ0v) is 17.7. The van der Waals surface area contributed by atoms with Crippen LogP contribution in [-0.4, -0.2) is 52.8 Å². The molecule has 30 heavy (non-hydrogen) atoms. The molecule has 3 amide bonds. The van der Waals surface area contributed by atoms with E-state index in [1.807, 2.05) is 26.8 Å². The number of furan rings is 1. The summed E-state index contributed by atoms with van der Waals surface area (Å²) in [6.07, 6.45) is 6.01. The number of likely N-dealkylation sites (tertiary alicyclic amines) is 1. The Morgan fingerprint density at radius 2 is 2.00 bits per heavy atom. The van der Waals surface area contributed by atoms with Crippen LogP contribution in [0.1, 0.15) is 50.6 Å². The molecule has 3 heterocycles. The van der Waals surface area contributed by atoms with E-state index in [0.717, 1.165) is 24.6 Å². The van der Waals surface area contributed by atoms with Crippen LogP contribution in [0.3, 0.4) is 0 Å². The molecule has 2 N–H and O–H groups in total.